The van der Waals surface area contributed by atoms with Gasteiger partial charge in [-0.15, -0.1) is 0 Å². The summed E-state index contributed by atoms with van der Waals surface area (Å²) in [6.45, 7) is 1.91. The number of methoxy groups -OCH3 is 1. The Kier molecular flexibility index (Phi) is 3.85. The molecule has 1 N–H and O–H groups in total. The zero-order valence-electron chi connectivity index (χ0n) is 10.8. The fraction of sp³-hybridized carbons (Fsp3) is 0.571. The van der Waals surface area contributed by atoms with Crippen molar-refractivity contribution in [3.05, 3.63) is 29.3 Å². The normalized spacial score (nSPS) is 20.1. The molecule has 0 amide bonds. The van der Waals surface area contributed by atoms with Crippen LogP contribution in [-0.2, 0) is 12.3 Å². The molecule has 0 saturated carbocycles. The van der Waals surface area contributed by atoms with Crippen molar-refractivity contribution in [3.63, 3.8) is 0 Å². The number of benzene rings is 1. The monoisotopic (exact) mass is 255 g/mol. The predicted molar refractivity (Wildman–Crippen MR) is 67.3 cm³/mol. The van der Waals surface area contributed by atoms with Crippen LogP contribution in [0.15, 0.2) is 18.2 Å². The molecule has 0 radical (unpaired) electrons. The largest absolute Gasteiger partial charge is 0.496 e. The van der Waals surface area contributed by atoms with E-state index in [1.165, 1.54) is 13.2 Å². The average Bonchev–Trinajstić information content (AvgIpc) is 2.80. The zero-order valence-corrected chi connectivity index (χ0v) is 10.8. The number of ether oxygens (including phenoxy) is 1. The summed E-state index contributed by atoms with van der Waals surface area (Å²) in [4.78, 5) is 0. The predicted octanol–water partition coefficient (Wildman–Crippen LogP) is 3.10. The minimum atomic E-state index is -2.83. The Balaban J connectivity index is 2.34. The van der Waals surface area contributed by atoms with Crippen LogP contribution in [0.2, 0.25) is 0 Å². The Morgan fingerprint density at radius 3 is 2.78 bits per heavy atom. The number of nitrogens with one attached hydrogen (secondary N) is 1. The number of alkyl halides is 2. The quantitative estimate of drug-likeness (QED) is 0.892. The van der Waals surface area contributed by atoms with Crippen LogP contribution in [0, 0.1) is 0 Å². The first-order valence-electron chi connectivity index (χ1n) is 6.30. The maximum absolute atomic E-state index is 13.6. The van der Waals surface area contributed by atoms with E-state index in [4.69, 9.17) is 4.74 Å². The van der Waals surface area contributed by atoms with Crippen LogP contribution in [0.4, 0.5) is 8.78 Å². The van der Waals surface area contributed by atoms with E-state index in [9.17, 15) is 8.78 Å². The summed E-state index contributed by atoms with van der Waals surface area (Å²) in [5.41, 5.74) is 0.711. The summed E-state index contributed by atoms with van der Waals surface area (Å²) in [6.07, 6.45) is 2.74. The van der Waals surface area contributed by atoms with Gasteiger partial charge in [0.1, 0.15) is 5.75 Å². The van der Waals surface area contributed by atoms with E-state index in [-0.39, 0.29) is 11.6 Å². The van der Waals surface area contributed by atoms with Crippen molar-refractivity contribution in [1.29, 1.82) is 0 Å². The third-order valence-electron chi connectivity index (χ3n) is 3.44. The molecule has 0 spiro atoms. The summed E-state index contributed by atoms with van der Waals surface area (Å²) in [6, 6.07) is 5.14. The van der Waals surface area contributed by atoms with Gasteiger partial charge in [0, 0.05) is 24.1 Å². The average molecular weight is 255 g/mol. The molecule has 2 nitrogen and oxygen atoms in total. The number of hydrogen-bond donors (Lipinski definition) is 1. The maximum Gasteiger partial charge on any atom is 0.270 e. The van der Waals surface area contributed by atoms with Crippen LogP contribution in [0.3, 0.4) is 0 Å². The van der Waals surface area contributed by atoms with Crippen molar-refractivity contribution in [2.45, 2.75) is 38.2 Å². The number of rotatable bonds is 4. The van der Waals surface area contributed by atoms with E-state index >= 15 is 0 Å². The summed E-state index contributed by atoms with van der Waals surface area (Å²) in [5, 5.41) is 3.33. The summed E-state index contributed by atoms with van der Waals surface area (Å²) >= 11 is 0. The first kappa shape index (κ1) is 13.3. The van der Waals surface area contributed by atoms with Gasteiger partial charge in [0.2, 0.25) is 0 Å². The number of halogens is 2. The van der Waals surface area contributed by atoms with Gasteiger partial charge in [-0.05, 0) is 31.9 Å². The first-order valence-corrected chi connectivity index (χ1v) is 6.30. The summed E-state index contributed by atoms with van der Waals surface area (Å²) < 4.78 is 32.5. The summed E-state index contributed by atoms with van der Waals surface area (Å²) in [5.74, 6) is -2.27. The molecule has 1 aliphatic heterocycles. The van der Waals surface area contributed by atoms with E-state index in [0.717, 1.165) is 26.3 Å². The molecule has 4 heteroatoms. The summed E-state index contributed by atoms with van der Waals surface area (Å²) in [7, 11) is 1.53. The minimum absolute atomic E-state index is 0.0792. The molecular weight excluding hydrogens is 236 g/mol. The van der Waals surface area contributed by atoms with Crippen LogP contribution in [0.5, 0.6) is 5.75 Å². The lowest BCUT2D eigenvalue weighted by molar-refractivity contribution is 0.0162. The molecule has 1 aromatic rings. The van der Waals surface area contributed by atoms with Crippen molar-refractivity contribution < 1.29 is 13.5 Å². The highest BCUT2D eigenvalue weighted by Crippen LogP contribution is 2.35. The number of hydrogen-bond acceptors (Lipinski definition) is 2. The van der Waals surface area contributed by atoms with Gasteiger partial charge in [-0.3, -0.25) is 0 Å². The molecule has 18 heavy (non-hydrogen) atoms. The first-order chi connectivity index (χ1) is 8.52. The molecule has 1 unspecified atom stereocenters. The third-order valence-corrected chi connectivity index (χ3v) is 3.44. The molecule has 100 valence electrons. The molecule has 1 aromatic carbocycles. The fourth-order valence-corrected chi connectivity index (χ4v) is 2.56. The molecule has 0 aromatic heterocycles. The highest BCUT2D eigenvalue weighted by atomic mass is 19.3. The van der Waals surface area contributed by atoms with Crippen molar-refractivity contribution >= 4 is 0 Å². The van der Waals surface area contributed by atoms with Crippen molar-refractivity contribution in [2.75, 3.05) is 13.7 Å². The van der Waals surface area contributed by atoms with E-state index in [2.05, 4.69) is 5.32 Å². The van der Waals surface area contributed by atoms with Crippen molar-refractivity contribution in [1.82, 2.24) is 5.32 Å². The zero-order chi connectivity index (χ0) is 13.2. The second kappa shape index (κ2) is 5.22. The van der Waals surface area contributed by atoms with Gasteiger partial charge >= 0.3 is 0 Å². The van der Waals surface area contributed by atoms with Gasteiger partial charge in [0.15, 0.2) is 0 Å². The SMILES string of the molecule is COc1cccc(C(C)(F)F)c1CC1CCCN1. The van der Waals surface area contributed by atoms with Crippen LogP contribution >= 0.6 is 0 Å². The maximum atomic E-state index is 13.6. The Morgan fingerprint density at radius 1 is 1.44 bits per heavy atom. The molecular formula is C14H19F2NO. The van der Waals surface area contributed by atoms with Crippen LogP contribution in [-0.4, -0.2) is 19.7 Å². The van der Waals surface area contributed by atoms with Crippen LogP contribution in [0.1, 0.15) is 30.9 Å². The Bertz CT molecular complexity index is 409. The fourth-order valence-electron chi connectivity index (χ4n) is 2.56. The molecule has 1 atom stereocenters. The molecule has 1 aliphatic rings. The Hall–Kier alpha value is -1.16. The third kappa shape index (κ3) is 2.80. The van der Waals surface area contributed by atoms with E-state index in [1.54, 1.807) is 12.1 Å². The van der Waals surface area contributed by atoms with Gasteiger partial charge in [0.05, 0.1) is 7.11 Å². The van der Waals surface area contributed by atoms with Crippen molar-refractivity contribution in [3.8, 4) is 5.75 Å². The molecule has 1 fully saturated rings. The minimum Gasteiger partial charge on any atom is -0.496 e. The highest BCUT2D eigenvalue weighted by Gasteiger charge is 2.30. The van der Waals surface area contributed by atoms with E-state index < -0.39 is 5.92 Å². The lowest BCUT2D eigenvalue weighted by atomic mass is 9.95. The topological polar surface area (TPSA) is 21.3 Å². The Labute approximate surface area is 106 Å². The van der Waals surface area contributed by atoms with Gasteiger partial charge < -0.3 is 10.1 Å². The standard InChI is InChI=1S/C14H19F2NO/c1-14(15,16)12-6-3-7-13(18-2)11(12)9-10-5-4-8-17-10/h3,6-7,10,17H,4-5,8-9H2,1-2H3. The van der Waals surface area contributed by atoms with Crippen molar-refractivity contribution in [2.24, 2.45) is 0 Å². The molecule has 0 bridgehead atoms. The van der Waals surface area contributed by atoms with E-state index in [1.807, 2.05) is 0 Å². The molecule has 2 rings (SSSR count). The second-order valence-corrected chi connectivity index (χ2v) is 4.87. The Morgan fingerprint density at radius 2 is 2.22 bits per heavy atom. The molecule has 1 saturated heterocycles. The molecule has 1 heterocycles. The van der Waals surface area contributed by atoms with Gasteiger partial charge in [-0.25, -0.2) is 8.78 Å². The highest BCUT2D eigenvalue weighted by molar-refractivity contribution is 5.43. The lowest BCUT2D eigenvalue weighted by Gasteiger charge is -2.20. The smallest absolute Gasteiger partial charge is 0.270 e. The van der Waals surface area contributed by atoms with Gasteiger partial charge in [-0.1, -0.05) is 12.1 Å². The van der Waals surface area contributed by atoms with Crippen LogP contribution < -0.4 is 10.1 Å². The van der Waals surface area contributed by atoms with Crippen LogP contribution in [0.25, 0.3) is 0 Å². The van der Waals surface area contributed by atoms with Gasteiger partial charge in [-0.2, -0.15) is 0 Å². The van der Waals surface area contributed by atoms with E-state index in [0.29, 0.717) is 17.7 Å². The second-order valence-electron chi connectivity index (χ2n) is 4.87. The lowest BCUT2D eigenvalue weighted by Crippen LogP contribution is -2.25. The van der Waals surface area contributed by atoms with Gasteiger partial charge in [0.25, 0.3) is 5.92 Å². The molecule has 0 aliphatic carbocycles.